The predicted molar refractivity (Wildman–Crippen MR) is 67.7 cm³/mol. The van der Waals surface area contributed by atoms with Gasteiger partial charge in [-0.25, -0.2) is 4.98 Å². The van der Waals surface area contributed by atoms with Crippen molar-refractivity contribution in [2.24, 2.45) is 5.92 Å². The minimum absolute atomic E-state index is 0.0931. The lowest BCUT2D eigenvalue weighted by Gasteiger charge is -2.36. The molecule has 2 rings (SSSR count). The number of rotatable bonds is 2. The number of hydrogen-bond acceptors (Lipinski definition) is 4. The summed E-state index contributed by atoms with van der Waals surface area (Å²) in [5.41, 5.74) is 0. The standard InChI is InChI=1S/C12H16N2O3S/c1-7-3-4-9(12(16)17)6-14(7)11(15)10-5-13-8(2)18-10/h5,7,9H,3-4,6H2,1-2H3,(H,16,17). The second-order valence-corrected chi connectivity index (χ2v) is 5.90. The Morgan fingerprint density at radius 3 is 2.78 bits per heavy atom. The smallest absolute Gasteiger partial charge is 0.308 e. The summed E-state index contributed by atoms with van der Waals surface area (Å²) in [6, 6.07) is 0.0931. The van der Waals surface area contributed by atoms with Gasteiger partial charge in [-0.2, -0.15) is 0 Å². The number of thiazole rings is 1. The fourth-order valence-corrected chi connectivity index (χ4v) is 2.93. The van der Waals surface area contributed by atoms with Gasteiger partial charge in [-0.3, -0.25) is 9.59 Å². The van der Waals surface area contributed by atoms with Crippen molar-refractivity contribution < 1.29 is 14.7 Å². The van der Waals surface area contributed by atoms with Crippen molar-refractivity contribution in [3.05, 3.63) is 16.1 Å². The van der Waals surface area contributed by atoms with E-state index >= 15 is 0 Å². The number of nitrogens with zero attached hydrogens (tertiary/aromatic N) is 2. The van der Waals surface area contributed by atoms with Crippen LogP contribution >= 0.6 is 11.3 Å². The van der Waals surface area contributed by atoms with Gasteiger partial charge in [0.2, 0.25) is 0 Å². The van der Waals surface area contributed by atoms with Crippen LogP contribution in [0, 0.1) is 12.8 Å². The van der Waals surface area contributed by atoms with Gasteiger partial charge >= 0.3 is 5.97 Å². The lowest BCUT2D eigenvalue weighted by atomic mass is 9.93. The Kier molecular flexibility index (Phi) is 3.65. The number of carboxylic acid groups (broad SMARTS) is 1. The summed E-state index contributed by atoms with van der Waals surface area (Å²) in [5, 5.41) is 9.90. The van der Waals surface area contributed by atoms with Crippen molar-refractivity contribution in [3.63, 3.8) is 0 Å². The number of amides is 1. The molecule has 0 radical (unpaired) electrons. The SMILES string of the molecule is Cc1ncc(C(=O)N2CC(C(=O)O)CCC2C)s1. The number of aryl methyl sites for hydroxylation is 1. The van der Waals surface area contributed by atoms with E-state index < -0.39 is 11.9 Å². The molecule has 1 amide bonds. The van der Waals surface area contributed by atoms with Gasteiger partial charge in [-0.1, -0.05) is 0 Å². The summed E-state index contributed by atoms with van der Waals surface area (Å²) in [6.45, 7) is 4.11. The van der Waals surface area contributed by atoms with Crippen LogP contribution in [0.15, 0.2) is 6.20 Å². The number of likely N-dealkylation sites (tertiary alicyclic amines) is 1. The fraction of sp³-hybridized carbons (Fsp3) is 0.583. The van der Waals surface area contributed by atoms with Crippen molar-refractivity contribution in [3.8, 4) is 0 Å². The van der Waals surface area contributed by atoms with E-state index in [4.69, 9.17) is 5.11 Å². The van der Waals surface area contributed by atoms with Gasteiger partial charge in [0.05, 0.1) is 17.1 Å². The number of carbonyl (C=O) groups excluding carboxylic acids is 1. The highest BCUT2D eigenvalue weighted by Gasteiger charge is 2.33. The second kappa shape index (κ2) is 5.06. The molecule has 98 valence electrons. The van der Waals surface area contributed by atoms with E-state index in [0.717, 1.165) is 11.4 Å². The molecule has 2 atom stereocenters. The first kappa shape index (κ1) is 13.0. The summed E-state index contributed by atoms with van der Waals surface area (Å²) in [6.07, 6.45) is 2.95. The number of hydrogen-bond donors (Lipinski definition) is 1. The number of aromatic nitrogens is 1. The van der Waals surface area contributed by atoms with Crippen molar-refractivity contribution in [1.29, 1.82) is 0 Å². The van der Waals surface area contributed by atoms with E-state index in [9.17, 15) is 9.59 Å². The van der Waals surface area contributed by atoms with Crippen LogP contribution in [0.25, 0.3) is 0 Å². The zero-order valence-electron chi connectivity index (χ0n) is 10.4. The van der Waals surface area contributed by atoms with Gasteiger partial charge in [-0.05, 0) is 26.7 Å². The van der Waals surface area contributed by atoms with Gasteiger partial charge in [0.25, 0.3) is 5.91 Å². The number of piperidine rings is 1. The van der Waals surface area contributed by atoms with E-state index in [1.807, 2.05) is 13.8 Å². The van der Waals surface area contributed by atoms with Gasteiger partial charge in [0.15, 0.2) is 0 Å². The quantitative estimate of drug-likeness (QED) is 0.887. The minimum Gasteiger partial charge on any atom is -0.481 e. The molecular weight excluding hydrogens is 252 g/mol. The largest absolute Gasteiger partial charge is 0.481 e. The monoisotopic (exact) mass is 268 g/mol. The van der Waals surface area contributed by atoms with E-state index in [2.05, 4.69) is 4.98 Å². The van der Waals surface area contributed by atoms with Crippen molar-refractivity contribution in [1.82, 2.24) is 9.88 Å². The van der Waals surface area contributed by atoms with E-state index in [1.54, 1.807) is 11.1 Å². The number of carboxylic acids is 1. The van der Waals surface area contributed by atoms with Gasteiger partial charge in [-0.15, -0.1) is 11.3 Å². The summed E-state index contributed by atoms with van der Waals surface area (Å²) < 4.78 is 0. The van der Waals surface area contributed by atoms with Crippen LogP contribution in [0.5, 0.6) is 0 Å². The second-order valence-electron chi connectivity index (χ2n) is 4.66. The summed E-state index contributed by atoms with van der Waals surface area (Å²) in [4.78, 5) is 29.6. The zero-order valence-corrected chi connectivity index (χ0v) is 11.2. The lowest BCUT2D eigenvalue weighted by Crippen LogP contribution is -2.47. The maximum absolute atomic E-state index is 12.3. The molecule has 1 aliphatic rings. The van der Waals surface area contributed by atoms with Crippen LogP contribution in [-0.2, 0) is 4.79 Å². The molecule has 0 spiro atoms. The maximum Gasteiger partial charge on any atom is 0.308 e. The van der Waals surface area contributed by atoms with E-state index in [1.165, 1.54) is 11.3 Å². The van der Waals surface area contributed by atoms with Crippen molar-refractivity contribution in [2.45, 2.75) is 32.7 Å². The van der Waals surface area contributed by atoms with E-state index in [0.29, 0.717) is 17.8 Å². The highest BCUT2D eigenvalue weighted by molar-refractivity contribution is 7.13. The lowest BCUT2D eigenvalue weighted by molar-refractivity contribution is -0.143. The molecule has 1 fully saturated rings. The normalized spacial score (nSPS) is 24.0. The van der Waals surface area contributed by atoms with Crippen LogP contribution in [0.2, 0.25) is 0 Å². The molecule has 1 aliphatic heterocycles. The zero-order chi connectivity index (χ0) is 13.3. The third-order valence-corrected chi connectivity index (χ3v) is 4.22. The Morgan fingerprint density at radius 2 is 2.22 bits per heavy atom. The Balaban J connectivity index is 2.15. The molecule has 0 aliphatic carbocycles. The summed E-state index contributed by atoms with van der Waals surface area (Å²) in [7, 11) is 0. The minimum atomic E-state index is -0.819. The molecule has 18 heavy (non-hydrogen) atoms. The van der Waals surface area contributed by atoms with Gasteiger partial charge < -0.3 is 10.0 Å². The molecular formula is C12H16N2O3S. The predicted octanol–water partition coefficient (Wildman–Crippen LogP) is 1.78. The molecule has 2 unspecified atom stereocenters. The number of carbonyl (C=O) groups is 2. The Hall–Kier alpha value is -1.43. The Labute approximate surface area is 109 Å². The fourth-order valence-electron chi connectivity index (χ4n) is 2.19. The third kappa shape index (κ3) is 2.53. The average Bonchev–Trinajstić information content (AvgIpc) is 2.75. The maximum atomic E-state index is 12.3. The van der Waals surface area contributed by atoms with Crippen molar-refractivity contribution >= 4 is 23.2 Å². The topological polar surface area (TPSA) is 70.5 Å². The summed E-state index contributed by atoms with van der Waals surface area (Å²) >= 11 is 1.35. The first-order valence-electron chi connectivity index (χ1n) is 5.95. The first-order valence-corrected chi connectivity index (χ1v) is 6.77. The highest BCUT2D eigenvalue weighted by atomic mass is 32.1. The average molecular weight is 268 g/mol. The number of aliphatic carboxylic acids is 1. The first-order chi connectivity index (χ1) is 8.49. The van der Waals surface area contributed by atoms with Crippen LogP contribution in [0.4, 0.5) is 0 Å². The molecule has 0 saturated carbocycles. The Morgan fingerprint density at radius 1 is 1.50 bits per heavy atom. The van der Waals surface area contributed by atoms with Crippen LogP contribution < -0.4 is 0 Å². The molecule has 1 aromatic rings. The molecule has 1 N–H and O–H groups in total. The molecule has 1 saturated heterocycles. The molecule has 2 heterocycles. The van der Waals surface area contributed by atoms with E-state index in [-0.39, 0.29) is 11.9 Å². The summed E-state index contributed by atoms with van der Waals surface area (Å²) in [5.74, 6) is -1.36. The van der Waals surface area contributed by atoms with Gasteiger partial charge in [0, 0.05) is 12.6 Å². The molecule has 6 heteroatoms. The van der Waals surface area contributed by atoms with Crippen LogP contribution in [0.3, 0.4) is 0 Å². The molecule has 0 bridgehead atoms. The van der Waals surface area contributed by atoms with Crippen LogP contribution in [0.1, 0.15) is 34.4 Å². The molecule has 0 aromatic carbocycles. The molecule has 1 aromatic heterocycles. The van der Waals surface area contributed by atoms with Crippen molar-refractivity contribution in [2.75, 3.05) is 6.54 Å². The molecule has 5 nitrogen and oxygen atoms in total. The third-order valence-electron chi connectivity index (χ3n) is 3.32. The highest BCUT2D eigenvalue weighted by Crippen LogP contribution is 2.25. The van der Waals surface area contributed by atoms with Crippen LogP contribution in [-0.4, -0.2) is 39.5 Å². The van der Waals surface area contributed by atoms with Gasteiger partial charge in [0.1, 0.15) is 4.88 Å². The Bertz CT molecular complexity index is 472.